The Morgan fingerprint density at radius 3 is 2.24 bits per heavy atom. The lowest BCUT2D eigenvalue weighted by Crippen LogP contribution is -2.49. The van der Waals surface area contributed by atoms with Gasteiger partial charge >= 0.3 is 0 Å². The molecule has 5 N–H and O–H groups in total. The SMILES string of the molecule is CCC1CCNCC1.CCNC(C)=O.CS(=O)NCC(=O)N1CCCC1C(=O)NCC(=O)c1nc2ccccc2o1.OCc1ccc(Cl)cc1. The maximum atomic E-state index is 12.4. The normalized spacial score (nSPS) is 16.0. The van der Waals surface area contributed by atoms with E-state index in [0.29, 0.717) is 35.5 Å². The van der Waals surface area contributed by atoms with Crippen LogP contribution in [0.5, 0.6) is 0 Å². The Morgan fingerprint density at radius 1 is 1.02 bits per heavy atom. The molecule has 0 aliphatic carbocycles. The number of aromatic nitrogens is 1. The first-order valence-corrected chi connectivity index (χ1v) is 18.8. The fourth-order valence-electron chi connectivity index (χ4n) is 5.08. The maximum Gasteiger partial charge on any atom is 0.266 e. The van der Waals surface area contributed by atoms with Crippen molar-refractivity contribution in [2.75, 3.05) is 45.5 Å². The predicted molar refractivity (Wildman–Crippen MR) is 196 cm³/mol. The van der Waals surface area contributed by atoms with Crippen LogP contribution in [0.1, 0.15) is 69.1 Å². The molecule has 2 unspecified atom stereocenters. The number of halogens is 1. The number of hydrogen-bond acceptors (Lipinski definition) is 9. The number of fused-ring (bicyclic) bond motifs is 1. The Hall–Kier alpha value is -3.69. The fraction of sp³-hybridized carbons (Fsp3) is 0.514. The Morgan fingerprint density at radius 2 is 1.70 bits per heavy atom. The van der Waals surface area contributed by atoms with Crippen LogP contribution in [0.25, 0.3) is 11.1 Å². The lowest BCUT2D eigenvalue weighted by Gasteiger charge is -2.23. The number of para-hydroxylation sites is 2. The monoisotopic (exact) mass is 734 g/mol. The number of benzene rings is 2. The Kier molecular flexibility index (Phi) is 20.1. The van der Waals surface area contributed by atoms with Crippen LogP contribution in [-0.4, -0.2) is 94.3 Å². The zero-order valence-corrected chi connectivity index (χ0v) is 30.9. The van der Waals surface area contributed by atoms with Gasteiger partial charge in [-0.2, -0.15) is 0 Å². The highest BCUT2D eigenvalue weighted by Crippen LogP contribution is 2.18. The molecule has 2 aliphatic rings. The molecule has 3 amide bonds. The minimum Gasteiger partial charge on any atom is -0.434 e. The number of carbonyl (C=O) groups is 4. The van der Waals surface area contributed by atoms with Gasteiger partial charge in [0.2, 0.25) is 23.5 Å². The molecule has 3 heterocycles. The van der Waals surface area contributed by atoms with E-state index in [4.69, 9.17) is 21.1 Å². The quantitative estimate of drug-likeness (QED) is 0.195. The average Bonchev–Trinajstić information content (AvgIpc) is 3.79. The summed E-state index contributed by atoms with van der Waals surface area (Å²) in [4.78, 5) is 52.3. The van der Waals surface area contributed by atoms with Crippen molar-refractivity contribution in [1.29, 1.82) is 0 Å². The number of amides is 3. The summed E-state index contributed by atoms with van der Waals surface area (Å²) in [7, 11) is -1.31. The van der Waals surface area contributed by atoms with E-state index < -0.39 is 28.7 Å². The van der Waals surface area contributed by atoms with Gasteiger partial charge in [-0.05, 0) is 81.4 Å². The van der Waals surface area contributed by atoms with Gasteiger partial charge in [-0.3, -0.25) is 19.2 Å². The smallest absolute Gasteiger partial charge is 0.266 e. The van der Waals surface area contributed by atoms with Crippen LogP contribution in [0.2, 0.25) is 5.02 Å². The summed E-state index contributed by atoms with van der Waals surface area (Å²) in [5, 5.41) is 17.8. The summed E-state index contributed by atoms with van der Waals surface area (Å²) in [5.41, 5.74) is 1.96. The second-order valence-corrected chi connectivity index (χ2v) is 13.3. The molecule has 0 saturated carbocycles. The standard InChI is InChI=1S/C17H20N4O5S.C7H7ClO.C7H15N.C4H9NO/c1-27(25)19-10-15(23)21-8-4-6-12(21)16(24)18-9-13(22)17-20-11-5-2-3-7-14(11)26-17;8-7-3-1-6(5-9)2-4-7;1-2-7-3-5-8-6-4-7;1-3-5-4(2)6/h2-3,5,7,12,19H,4,6,8-10H2,1H3,(H,18,24);1-4,9H,5H2;7-8H,2-6H2,1H3;3H2,1-2H3,(H,5,6). The van der Waals surface area contributed by atoms with Crippen molar-refractivity contribution in [2.24, 2.45) is 5.92 Å². The molecule has 2 fully saturated rings. The topological polar surface area (TPSA) is 183 Å². The third-order valence-corrected chi connectivity index (χ3v) is 8.62. The molecule has 13 nitrogen and oxygen atoms in total. The zero-order valence-electron chi connectivity index (χ0n) is 29.3. The maximum absolute atomic E-state index is 12.4. The first-order chi connectivity index (χ1) is 24.0. The molecule has 2 aliphatic heterocycles. The van der Waals surface area contributed by atoms with Gasteiger partial charge in [-0.25, -0.2) is 13.9 Å². The second-order valence-electron chi connectivity index (χ2n) is 11.6. The lowest BCUT2D eigenvalue weighted by atomic mass is 9.96. The van der Waals surface area contributed by atoms with Crippen molar-refractivity contribution in [3.05, 3.63) is 65.0 Å². The third-order valence-electron chi connectivity index (χ3n) is 7.82. The molecular weight excluding hydrogens is 684 g/mol. The number of oxazole rings is 1. The molecule has 3 aromatic rings. The molecule has 2 aromatic carbocycles. The van der Waals surface area contributed by atoms with Gasteiger partial charge in [0.1, 0.15) is 11.6 Å². The van der Waals surface area contributed by atoms with Gasteiger partial charge < -0.3 is 30.4 Å². The lowest BCUT2D eigenvalue weighted by molar-refractivity contribution is -0.137. The van der Waals surface area contributed by atoms with Crippen LogP contribution in [0.3, 0.4) is 0 Å². The van der Waals surface area contributed by atoms with Crippen LogP contribution >= 0.6 is 11.6 Å². The van der Waals surface area contributed by atoms with E-state index in [1.165, 1.54) is 50.4 Å². The Balaban J connectivity index is 0.000000303. The van der Waals surface area contributed by atoms with Crippen molar-refractivity contribution in [3.8, 4) is 0 Å². The van der Waals surface area contributed by atoms with Gasteiger partial charge in [0.25, 0.3) is 5.89 Å². The number of aliphatic hydroxyl groups is 1. The van der Waals surface area contributed by atoms with E-state index in [1.54, 1.807) is 48.5 Å². The molecule has 15 heteroatoms. The van der Waals surface area contributed by atoms with Gasteiger partial charge in [0.05, 0.1) is 30.7 Å². The number of aliphatic hydroxyl groups excluding tert-OH is 1. The van der Waals surface area contributed by atoms with Gasteiger partial charge in [0.15, 0.2) is 5.58 Å². The largest absolute Gasteiger partial charge is 0.434 e. The molecule has 1 aromatic heterocycles. The number of nitrogens with one attached hydrogen (secondary N) is 4. The summed E-state index contributed by atoms with van der Waals surface area (Å²) < 4.78 is 19.0. The van der Waals surface area contributed by atoms with Crippen molar-refractivity contribution in [1.82, 2.24) is 30.6 Å². The van der Waals surface area contributed by atoms with E-state index in [1.807, 2.05) is 6.92 Å². The van der Waals surface area contributed by atoms with E-state index in [-0.39, 0.29) is 37.4 Å². The van der Waals surface area contributed by atoms with Crippen LogP contribution in [0, 0.1) is 5.92 Å². The zero-order chi connectivity index (χ0) is 36.9. The summed E-state index contributed by atoms with van der Waals surface area (Å²) in [6.07, 6.45) is 6.82. The van der Waals surface area contributed by atoms with Crippen LogP contribution in [0.4, 0.5) is 0 Å². The van der Waals surface area contributed by atoms with Gasteiger partial charge in [-0.1, -0.05) is 49.2 Å². The molecule has 0 spiro atoms. The summed E-state index contributed by atoms with van der Waals surface area (Å²) >= 11 is 5.59. The molecule has 2 saturated heterocycles. The van der Waals surface area contributed by atoms with Crippen LogP contribution in [0.15, 0.2) is 52.9 Å². The highest BCUT2D eigenvalue weighted by Gasteiger charge is 2.34. The summed E-state index contributed by atoms with van der Waals surface area (Å²) in [5.74, 6) is -0.145. The molecule has 276 valence electrons. The number of nitrogens with zero attached hydrogens (tertiary/aromatic N) is 2. The van der Waals surface area contributed by atoms with E-state index in [9.17, 15) is 23.4 Å². The first kappa shape index (κ1) is 42.5. The first-order valence-electron chi connectivity index (χ1n) is 16.8. The van der Waals surface area contributed by atoms with E-state index in [0.717, 1.165) is 18.0 Å². The van der Waals surface area contributed by atoms with Crippen LogP contribution in [-0.2, 0) is 32.0 Å². The fourth-order valence-corrected chi connectivity index (χ4v) is 5.54. The second kappa shape index (κ2) is 23.7. The number of Topliss-reactive ketones (excluding diaryl/α,β-unsaturated/α-hetero) is 1. The molecule has 5 rings (SSSR count). The minimum absolute atomic E-state index is 0.0394. The van der Waals surface area contributed by atoms with Crippen molar-refractivity contribution in [3.63, 3.8) is 0 Å². The number of piperidine rings is 1. The van der Waals surface area contributed by atoms with Crippen molar-refractivity contribution >= 4 is 57.2 Å². The molecule has 50 heavy (non-hydrogen) atoms. The summed E-state index contributed by atoms with van der Waals surface area (Å²) in [6, 6.07) is 13.5. The van der Waals surface area contributed by atoms with Crippen LogP contribution < -0.4 is 20.7 Å². The number of hydrogen-bond donors (Lipinski definition) is 5. The third kappa shape index (κ3) is 15.9. The molecule has 0 radical (unpaired) electrons. The number of ketones is 1. The number of carbonyl (C=O) groups excluding carboxylic acids is 4. The minimum atomic E-state index is -1.31. The molecular formula is C35H51ClN6O7S. The highest BCUT2D eigenvalue weighted by molar-refractivity contribution is 7.82. The Bertz CT molecular complexity index is 1480. The Labute approximate surface area is 301 Å². The number of rotatable bonds is 10. The van der Waals surface area contributed by atoms with Gasteiger partial charge in [0, 0.05) is 31.3 Å². The van der Waals surface area contributed by atoms with Crippen molar-refractivity contribution < 1.29 is 32.9 Å². The number of likely N-dealkylation sites (tertiary alicyclic amines) is 1. The molecule has 2 atom stereocenters. The molecule has 0 bridgehead atoms. The highest BCUT2D eigenvalue weighted by atomic mass is 35.5. The summed E-state index contributed by atoms with van der Waals surface area (Å²) in [6.45, 7) is 9.08. The average molecular weight is 735 g/mol. The van der Waals surface area contributed by atoms with E-state index in [2.05, 4.69) is 32.6 Å². The predicted octanol–water partition coefficient (Wildman–Crippen LogP) is 3.37. The van der Waals surface area contributed by atoms with E-state index >= 15 is 0 Å². The van der Waals surface area contributed by atoms with Crippen molar-refractivity contribution in [2.45, 2.75) is 65.5 Å². The van der Waals surface area contributed by atoms with Gasteiger partial charge in [-0.15, -0.1) is 0 Å².